The summed E-state index contributed by atoms with van der Waals surface area (Å²) in [5, 5.41) is 3.37. The van der Waals surface area contributed by atoms with E-state index in [2.05, 4.69) is 48.3 Å². The van der Waals surface area contributed by atoms with Crippen LogP contribution in [0.15, 0.2) is 24.3 Å². The molecule has 3 heteroatoms. The van der Waals surface area contributed by atoms with Crippen LogP contribution in [0.25, 0.3) is 0 Å². The molecule has 0 amide bonds. The lowest BCUT2D eigenvalue weighted by molar-refractivity contribution is 0.199. The predicted molar refractivity (Wildman–Crippen MR) is 85.3 cm³/mol. The van der Waals surface area contributed by atoms with Crippen molar-refractivity contribution < 1.29 is 4.74 Å². The first-order valence-electron chi connectivity index (χ1n) is 7.64. The summed E-state index contributed by atoms with van der Waals surface area (Å²) in [5.74, 6) is 0. The summed E-state index contributed by atoms with van der Waals surface area (Å²) in [6, 6.07) is 8.97. The zero-order chi connectivity index (χ0) is 14.4. The molecule has 0 radical (unpaired) electrons. The topological polar surface area (TPSA) is 24.5 Å². The maximum absolute atomic E-state index is 5.03. The van der Waals surface area contributed by atoms with Gasteiger partial charge in [0.25, 0.3) is 0 Å². The number of anilines is 1. The molecule has 1 aliphatic rings. The maximum atomic E-state index is 5.03. The maximum Gasteiger partial charge on any atom is 0.0587 e. The molecule has 0 atom stereocenters. The van der Waals surface area contributed by atoms with Crippen LogP contribution < -0.4 is 10.2 Å². The Labute approximate surface area is 123 Å². The van der Waals surface area contributed by atoms with E-state index in [1.807, 2.05) is 0 Å². The molecule has 1 aromatic carbocycles. The number of benzene rings is 1. The molecule has 1 heterocycles. The first-order valence-corrected chi connectivity index (χ1v) is 7.64. The summed E-state index contributed by atoms with van der Waals surface area (Å²) in [4.78, 5) is 2.51. The van der Waals surface area contributed by atoms with Crippen molar-refractivity contribution in [3.05, 3.63) is 29.8 Å². The highest BCUT2D eigenvalue weighted by Gasteiger charge is 2.25. The van der Waals surface area contributed by atoms with Gasteiger partial charge in [-0.15, -0.1) is 0 Å². The Hall–Kier alpha value is -1.06. The third kappa shape index (κ3) is 4.50. The van der Waals surface area contributed by atoms with Gasteiger partial charge in [0.2, 0.25) is 0 Å². The fourth-order valence-corrected chi connectivity index (χ4v) is 2.60. The largest absolute Gasteiger partial charge is 0.383 e. The first kappa shape index (κ1) is 15.3. The summed E-state index contributed by atoms with van der Waals surface area (Å²) in [6.45, 7) is 9.69. The molecule has 0 aliphatic carbocycles. The molecule has 3 nitrogen and oxygen atoms in total. The molecule has 1 saturated heterocycles. The molecule has 1 aliphatic heterocycles. The van der Waals surface area contributed by atoms with E-state index < -0.39 is 0 Å². The minimum Gasteiger partial charge on any atom is -0.383 e. The van der Waals surface area contributed by atoms with Gasteiger partial charge in [-0.3, -0.25) is 0 Å². The molecule has 20 heavy (non-hydrogen) atoms. The average Bonchev–Trinajstić information content (AvgIpc) is 2.45. The highest BCUT2D eigenvalue weighted by Crippen LogP contribution is 2.32. The SMILES string of the molecule is COCCNCc1ccc(N2CCC(C)(C)CC2)cc1. The number of piperidine rings is 1. The van der Waals surface area contributed by atoms with E-state index in [4.69, 9.17) is 4.74 Å². The molecular weight excluding hydrogens is 248 g/mol. The van der Waals surface area contributed by atoms with E-state index in [1.165, 1.54) is 37.2 Å². The Morgan fingerprint density at radius 2 is 1.80 bits per heavy atom. The summed E-state index contributed by atoms with van der Waals surface area (Å²) >= 11 is 0. The van der Waals surface area contributed by atoms with Crippen LogP contribution in [0.1, 0.15) is 32.3 Å². The predicted octanol–water partition coefficient (Wildman–Crippen LogP) is 3.05. The van der Waals surface area contributed by atoms with E-state index in [0.29, 0.717) is 5.41 Å². The molecule has 0 spiro atoms. The summed E-state index contributed by atoms with van der Waals surface area (Å²) in [6.07, 6.45) is 2.57. The van der Waals surface area contributed by atoms with E-state index in [9.17, 15) is 0 Å². The van der Waals surface area contributed by atoms with Crippen molar-refractivity contribution in [2.45, 2.75) is 33.2 Å². The van der Waals surface area contributed by atoms with Crippen molar-refractivity contribution in [3.8, 4) is 0 Å². The van der Waals surface area contributed by atoms with Crippen molar-refractivity contribution in [2.24, 2.45) is 5.41 Å². The van der Waals surface area contributed by atoms with Crippen LogP contribution in [0.3, 0.4) is 0 Å². The summed E-state index contributed by atoms with van der Waals surface area (Å²) < 4.78 is 5.03. The Balaban J connectivity index is 1.82. The van der Waals surface area contributed by atoms with Crippen molar-refractivity contribution in [1.82, 2.24) is 5.32 Å². The third-order valence-corrected chi connectivity index (χ3v) is 4.23. The van der Waals surface area contributed by atoms with Crippen LogP contribution >= 0.6 is 0 Å². The summed E-state index contributed by atoms with van der Waals surface area (Å²) in [7, 11) is 1.73. The Kier molecular flexibility index (Phi) is 5.44. The highest BCUT2D eigenvalue weighted by atomic mass is 16.5. The van der Waals surface area contributed by atoms with Gasteiger partial charge in [-0.2, -0.15) is 0 Å². The second kappa shape index (κ2) is 7.09. The zero-order valence-corrected chi connectivity index (χ0v) is 13.1. The number of hydrogen-bond acceptors (Lipinski definition) is 3. The number of nitrogens with one attached hydrogen (secondary N) is 1. The monoisotopic (exact) mass is 276 g/mol. The Bertz CT molecular complexity index is 390. The summed E-state index contributed by atoms with van der Waals surface area (Å²) in [5.41, 5.74) is 3.21. The molecule has 0 unspecified atom stereocenters. The van der Waals surface area contributed by atoms with Gasteiger partial charge in [-0.25, -0.2) is 0 Å². The molecular formula is C17H28N2O. The molecule has 0 aromatic heterocycles. The molecule has 2 rings (SSSR count). The molecule has 0 bridgehead atoms. The van der Waals surface area contributed by atoms with E-state index in [-0.39, 0.29) is 0 Å². The number of ether oxygens (including phenoxy) is 1. The van der Waals surface area contributed by atoms with Gasteiger partial charge in [0.1, 0.15) is 0 Å². The van der Waals surface area contributed by atoms with Crippen molar-refractivity contribution in [2.75, 3.05) is 38.3 Å². The molecule has 112 valence electrons. The second-order valence-corrected chi connectivity index (χ2v) is 6.49. The van der Waals surface area contributed by atoms with Crippen LogP contribution in [0.2, 0.25) is 0 Å². The quantitative estimate of drug-likeness (QED) is 0.808. The minimum absolute atomic E-state index is 0.516. The minimum atomic E-state index is 0.516. The lowest BCUT2D eigenvalue weighted by atomic mass is 9.82. The first-order chi connectivity index (χ1) is 9.61. The van der Waals surface area contributed by atoms with Gasteiger partial charge in [-0.05, 0) is 36.0 Å². The van der Waals surface area contributed by atoms with Crippen molar-refractivity contribution >= 4 is 5.69 Å². The van der Waals surface area contributed by atoms with Gasteiger partial charge < -0.3 is 15.0 Å². The average molecular weight is 276 g/mol. The zero-order valence-electron chi connectivity index (χ0n) is 13.1. The number of methoxy groups -OCH3 is 1. The fourth-order valence-electron chi connectivity index (χ4n) is 2.60. The Morgan fingerprint density at radius 1 is 1.15 bits per heavy atom. The van der Waals surface area contributed by atoms with Gasteiger partial charge >= 0.3 is 0 Å². The van der Waals surface area contributed by atoms with Gasteiger partial charge in [-0.1, -0.05) is 26.0 Å². The lowest BCUT2D eigenvalue weighted by Gasteiger charge is -2.38. The van der Waals surface area contributed by atoms with Crippen molar-refractivity contribution in [3.63, 3.8) is 0 Å². The van der Waals surface area contributed by atoms with E-state index >= 15 is 0 Å². The third-order valence-electron chi connectivity index (χ3n) is 4.23. The molecule has 1 aromatic rings. The second-order valence-electron chi connectivity index (χ2n) is 6.49. The standard InChI is InChI=1S/C17H28N2O/c1-17(2)8-11-19(12-9-17)16-6-4-15(5-7-16)14-18-10-13-20-3/h4-7,18H,8-14H2,1-3H3. The Morgan fingerprint density at radius 3 is 2.40 bits per heavy atom. The van der Waals surface area contributed by atoms with E-state index in [0.717, 1.165) is 19.7 Å². The number of rotatable bonds is 6. The lowest BCUT2D eigenvalue weighted by Crippen LogP contribution is -2.37. The normalized spacial score (nSPS) is 18.2. The van der Waals surface area contributed by atoms with Gasteiger partial charge in [0.15, 0.2) is 0 Å². The van der Waals surface area contributed by atoms with Crippen LogP contribution in [-0.4, -0.2) is 33.4 Å². The van der Waals surface area contributed by atoms with Crippen LogP contribution in [-0.2, 0) is 11.3 Å². The smallest absolute Gasteiger partial charge is 0.0587 e. The van der Waals surface area contributed by atoms with Gasteiger partial charge in [0, 0.05) is 39.0 Å². The number of nitrogens with zero attached hydrogens (tertiary/aromatic N) is 1. The fraction of sp³-hybridized carbons (Fsp3) is 0.647. The van der Waals surface area contributed by atoms with Crippen LogP contribution in [0.4, 0.5) is 5.69 Å². The number of hydrogen-bond donors (Lipinski definition) is 1. The van der Waals surface area contributed by atoms with Gasteiger partial charge in [0.05, 0.1) is 6.61 Å². The van der Waals surface area contributed by atoms with E-state index in [1.54, 1.807) is 7.11 Å². The highest BCUT2D eigenvalue weighted by molar-refractivity contribution is 5.48. The molecule has 1 N–H and O–H groups in total. The van der Waals surface area contributed by atoms with Crippen LogP contribution in [0, 0.1) is 5.41 Å². The van der Waals surface area contributed by atoms with Crippen molar-refractivity contribution in [1.29, 1.82) is 0 Å². The van der Waals surface area contributed by atoms with Crippen LogP contribution in [0.5, 0.6) is 0 Å². The molecule has 1 fully saturated rings. The molecule has 0 saturated carbocycles.